The van der Waals surface area contributed by atoms with E-state index in [0.717, 1.165) is 11.1 Å². The van der Waals surface area contributed by atoms with Crippen LogP contribution in [0.25, 0.3) is 0 Å². The van der Waals surface area contributed by atoms with Crippen LogP contribution in [0.5, 0.6) is 11.5 Å². The van der Waals surface area contributed by atoms with Crippen LogP contribution in [0.1, 0.15) is 11.1 Å². The summed E-state index contributed by atoms with van der Waals surface area (Å²) in [7, 11) is 1.54. The van der Waals surface area contributed by atoms with Crippen LogP contribution in [0.4, 0.5) is 16.2 Å². The molecule has 178 valence electrons. The Bertz CT molecular complexity index is 1140. The molecule has 0 saturated heterocycles. The van der Waals surface area contributed by atoms with Crippen molar-refractivity contribution in [2.24, 2.45) is 5.73 Å². The molecule has 0 atom stereocenters. The maximum absolute atomic E-state index is 12.9. The van der Waals surface area contributed by atoms with Crippen molar-refractivity contribution in [3.05, 3.63) is 93.0 Å². The number of rotatable bonds is 10. The van der Waals surface area contributed by atoms with Crippen molar-refractivity contribution in [3.63, 3.8) is 0 Å². The van der Waals surface area contributed by atoms with Gasteiger partial charge in [-0.15, -0.1) is 0 Å². The van der Waals surface area contributed by atoms with Crippen LogP contribution in [0, 0.1) is 10.1 Å². The number of nitro groups is 1. The lowest BCUT2D eigenvalue weighted by atomic mass is 10.2. The van der Waals surface area contributed by atoms with E-state index in [2.05, 4.69) is 5.32 Å². The van der Waals surface area contributed by atoms with Crippen molar-refractivity contribution in [1.29, 1.82) is 0 Å². The Kier molecular flexibility index (Phi) is 8.66. The second-order valence-corrected chi connectivity index (χ2v) is 7.75. The highest BCUT2D eigenvalue weighted by atomic mass is 35.5. The summed E-state index contributed by atoms with van der Waals surface area (Å²) in [5.74, 6) is 1.09. The van der Waals surface area contributed by atoms with E-state index in [1.807, 2.05) is 36.4 Å². The molecule has 0 aliphatic carbocycles. The molecular weight excluding hydrogens is 460 g/mol. The van der Waals surface area contributed by atoms with Gasteiger partial charge in [0.05, 0.1) is 12.0 Å². The quantitative estimate of drug-likeness (QED) is 0.314. The maximum atomic E-state index is 12.9. The van der Waals surface area contributed by atoms with Gasteiger partial charge in [-0.3, -0.25) is 10.1 Å². The minimum absolute atomic E-state index is 0.0451. The minimum Gasteiger partial charge on any atom is -0.493 e. The summed E-state index contributed by atoms with van der Waals surface area (Å²) < 4.78 is 11.3. The van der Waals surface area contributed by atoms with Crippen LogP contribution in [0.15, 0.2) is 66.7 Å². The molecule has 0 radical (unpaired) electrons. The first-order chi connectivity index (χ1) is 16.4. The lowest BCUT2D eigenvalue weighted by molar-refractivity contribution is -0.383. The largest absolute Gasteiger partial charge is 0.493 e. The number of hydrogen-bond acceptors (Lipinski definition) is 6. The monoisotopic (exact) mass is 484 g/mol. The highest BCUT2D eigenvalue weighted by Gasteiger charge is 2.20. The molecule has 0 spiro atoms. The number of nitrogens with one attached hydrogen (secondary N) is 1. The van der Waals surface area contributed by atoms with Gasteiger partial charge < -0.3 is 25.4 Å². The number of amides is 2. The molecule has 3 aromatic carbocycles. The number of nitrogens with zero attached hydrogens (tertiary/aromatic N) is 2. The van der Waals surface area contributed by atoms with E-state index >= 15 is 0 Å². The summed E-state index contributed by atoms with van der Waals surface area (Å²) in [6, 6.07) is 18.6. The lowest BCUT2D eigenvalue weighted by Crippen LogP contribution is -2.38. The molecule has 0 aromatic heterocycles. The molecule has 0 saturated carbocycles. The van der Waals surface area contributed by atoms with Crippen molar-refractivity contribution >= 4 is 29.0 Å². The fourth-order valence-electron chi connectivity index (χ4n) is 3.25. The van der Waals surface area contributed by atoms with E-state index < -0.39 is 11.0 Å². The van der Waals surface area contributed by atoms with Crippen molar-refractivity contribution in [2.75, 3.05) is 25.5 Å². The number of halogens is 1. The van der Waals surface area contributed by atoms with Crippen molar-refractivity contribution < 1.29 is 19.2 Å². The Balaban J connectivity index is 1.73. The van der Waals surface area contributed by atoms with E-state index in [-0.39, 0.29) is 36.0 Å². The van der Waals surface area contributed by atoms with E-state index in [1.165, 1.54) is 23.1 Å². The van der Waals surface area contributed by atoms with Gasteiger partial charge in [-0.25, -0.2) is 4.79 Å². The normalized spacial score (nSPS) is 10.4. The van der Waals surface area contributed by atoms with Gasteiger partial charge in [0, 0.05) is 30.7 Å². The second-order valence-electron chi connectivity index (χ2n) is 7.32. The van der Waals surface area contributed by atoms with Gasteiger partial charge in [-0.1, -0.05) is 48.0 Å². The molecule has 0 unspecified atom stereocenters. The Hall–Kier alpha value is -3.82. The Morgan fingerprint density at radius 2 is 1.85 bits per heavy atom. The number of nitro benzene ring substituents is 1. The third-order valence-electron chi connectivity index (χ3n) is 4.92. The van der Waals surface area contributed by atoms with Crippen LogP contribution in [0.2, 0.25) is 5.02 Å². The van der Waals surface area contributed by atoms with Gasteiger partial charge in [0.15, 0.2) is 11.5 Å². The SMILES string of the molecule is COc1cc(CN(CCN)C(=O)Nc2ccc(Cl)cc2[N+](=O)[O-])ccc1OCc1ccccc1. The number of urea groups is 1. The van der Waals surface area contributed by atoms with Gasteiger partial charge in [0.25, 0.3) is 5.69 Å². The minimum atomic E-state index is -0.603. The van der Waals surface area contributed by atoms with Crippen molar-refractivity contribution in [3.8, 4) is 11.5 Å². The Morgan fingerprint density at radius 3 is 2.53 bits per heavy atom. The zero-order valence-electron chi connectivity index (χ0n) is 18.6. The summed E-state index contributed by atoms with van der Waals surface area (Å²) >= 11 is 5.85. The smallest absolute Gasteiger partial charge is 0.322 e. The number of ether oxygens (including phenoxy) is 2. The third kappa shape index (κ3) is 6.60. The molecule has 3 N–H and O–H groups in total. The summed E-state index contributed by atoms with van der Waals surface area (Å²) in [6.45, 7) is 1.05. The number of benzene rings is 3. The molecule has 0 aliphatic rings. The second kappa shape index (κ2) is 11.9. The van der Waals surface area contributed by atoms with E-state index in [0.29, 0.717) is 18.1 Å². The predicted octanol–water partition coefficient (Wildman–Crippen LogP) is 4.83. The van der Waals surface area contributed by atoms with Gasteiger partial charge >= 0.3 is 6.03 Å². The average Bonchev–Trinajstić information content (AvgIpc) is 2.84. The first-order valence-electron chi connectivity index (χ1n) is 10.4. The molecule has 0 fully saturated rings. The van der Waals surface area contributed by atoms with E-state index in [4.69, 9.17) is 26.8 Å². The molecule has 3 aromatic rings. The first kappa shape index (κ1) is 24.8. The highest BCUT2D eigenvalue weighted by molar-refractivity contribution is 6.31. The number of carbonyl (C=O) groups is 1. The van der Waals surface area contributed by atoms with Crippen molar-refractivity contribution in [2.45, 2.75) is 13.2 Å². The van der Waals surface area contributed by atoms with E-state index in [9.17, 15) is 14.9 Å². The van der Waals surface area contributed by atoms with Crippen LogP contribution in [-0.4, -0.2) is 36.1 Å². The van der Waals surface area contributed by atoms with E-state index in [1.54, 1.807) is 19.2 Å². The molecule has 9 nitrogen and oxygen atoms in total. The summed E-state index contributed by atoms with van der Waals surface area (Å²) in [5.41, 5.74) is 7.24. The molecule has 34 heavy (non-hydrogen) atoms. The summed E-state index contributed by atoms with van der Waals surface area (Å²) in [5, 5.41) is 14.1. The fourth-order valence-corrected chi connectivity index (χ4v) is 3.42. The number of carbonyl (C=O) groups excluding carboxylic acids is 1. The van der Waals surface area contributed by atoms with Crippen LogP contribution in [0.3, 0.4) is 0 Å². The number of methoxy groups -OCH3 is 1. The molecule has 10 heteroatoms. The highest BCUT2D eigenvalue weighted by Crippen LogP contribution is 2.30. The predicted molar refractivity (Wildman–Crippen MR) is 130 cm³/mol. The summed E-state index contributed by atoms with van der Waals surface area (Å²) in [4.78, 5) is 25.1. The van der Waals surface area contributed by atoms with Gasteiger partial charge in [0.1, 0.15) is 12.3 Å². The van der Waals surface area contributed by atoms with Gasteiger partial charge in [-0.05, 0) is 35.4 Å². The molecule has 0 bridgehead atoms. The molecule has 3 rings (SSSR count). The number of hydrogen-bond donors (Lipinski definition) is 2. The standard InChI is InChI=1S/C24H25ClN4O5/c1-33-23-13-18(7-10-22(23)34-16-17-5-3-2-4-6-17)15-28(12-11-26)24(30)27-20-9-8-19(25)14-21(20)29(31)32/h2-10,13-14H,11-12,15-16,26H2,1H3,(H,27,30). The lowest BCUT2D eigenvalue weighted by Gasteiger charge is -2.23. The molecule has 0 aliphatic heterocycles. The molecule has 2 amide bonds. The van der Waals surface area contributed by atoms with Gasteiger partial charge in [-0.2, -0.15) is 0 Å². The van der Waals surface area contributed by atoms with Crippen molar-refractivity contribution in [1.82, 2.24) is 4.90 Å². The van der Waals surface area contributed by atoms with Crippen LogP contribution >= 0.6 is 11.6 Å². The fraction of sp³-hybridized carbons (Fsp3) is 0.208. The third-order valence-corrected chi connectivity index (χ3v) is 5.16. The Labute approximate surface area is 202 Å². The molecular formula is C24H25ClN4O5. The average molecular weight is 485 g/mol. The maximum Gasteiger partial charge on any atom is 0.322 e. The Morgan fingerprint density at radius 1 is 1.09 bits per heavy atom. The van der Waals surface area contributed by atoms with Crippen LogP contribution in [-0.2, 0) is 13.2 Å². The molecule has 0 heterocycles. The summed E-state index contributed by atoms with van der Waals surface area (Å²) in [6.07, 6.45) is 0. The number of anilines is 1. The first-order valence-corrected chi connectivity index (χ1v) is 10.8. The van der Waals surface area contributed by atoms with Gasteiger partial charge in [0.2, 0.25) is 0 Å². The zero-order chi connectivity index (χ0) is 24.5. The number of nitrogens with two attached hydrogens (primary N) is 1. The topological polar surface area (TPSA) is 120 Å². The van der Waals surface area contributed by atoms with Crippen LogP contribution < -0.4 is 20.5 Å². The zero-order valence-corrected chi connectivity index (χ0v) is 19.3.